The molecule has 0 spiro atoms. The lowest BCUT2D eigenvalue weighted by molar-refractivity contribution is -0.153. The molecule has 1 heterocycles. The Bertz CT molecular complexity index is 551. The van der Waals surface area contributed by atoms with Gasteiger partial charge in [0.15, 0.2) is 18.1 Å². The van der Waals surface area contributed by atoms with Crippen molar-refractivity contribution in [3.05, 3.63) is 18.2 Å². The van der Waals surface area contributed by atoms with Gasteiger partial charge in [-0.3, -0.25) is 4.79 Å². The van der Waals surface area contributed by atoms with Gasteiger partial charge in [0, 0.05) is 18.3 Å². The molecule has 0 aromatic heterocycles. The lowest BCUT2D eigenvalue weighted by atomic mass is 10.2. The zero-order valence-electron chi connectivity index (χ0n) is 12.8. The molecule has 0 bridgehead atoms. The molecule has 0 radical (unpaired) electrons. The van der Waals surface area contributed by atoms with E-state index in [2.05, 4.69) is 10.6 Å². The van der Waals surface area contributed by atoms with E-state index < -0.39 is 18.8 Å². The molecule has 2 rings (SSSR count). The zero-order valence-corrected chi connectivity index (χ0v) is 13.6. The molecule has 0 saturated carbocycles. The summed E-state index contributed by atoms with van der Waals surface area (Å²) in [5.74, 6) is -0.293. The molecule has 1 aliphatic heterocycles. The van der Waals surface area contributed by atoms with Gasteiger partial charge in [0.1, 0.15) is 6.04 Å². The molecule has 1 atom stereocenters. The first kappa shape index (κ1) is 20.3. The number of amides is 1. The number of benzene rings is 1. The molecule has 1 fully saturated rings. The number of methoxy groups -OCH3 is 1. The van der Waals surface area contributed by atoms with Crippen LogP contribution in [0.5, 0.6) is 11.5 Å². The van der Waals surface area contributed by atoms with E-state index >= 15 is 0 Å². The minimum Gasteiger partial charge on any atom is -0.493 e. The van der Waals surface area contributed by atoms with Crippen LogP contribution in [0.4, 0.5) is 18.9 Å². The molecule has 2 N–H and O–H groups in total. The fourth-order valence-corrected chi connectivity index (χ4v) is 1.99. The van der Waals surface area contributed by atoms with E-state index in [0.29, 0.717) is 18.8 Å². The highest BCUT2D eigenvalue weighted by molar-refractivity contribution is 5.95. The second-order valence-corrected chi connectivity index (χ2v) is 4.84. The summed E-state index contributed by atoms with van der Waals surface area (Å²) in [5, 5.41) is 5.58. The Morgan fingerprint density at radius 3 is 2.75 bits per heavy atom. The monoisotopic (exact) mass is 370 g/mol. The Morgan fingerprint density at radius 1 is 1.42 bits per heavy atom. The predicted octanol–water partition coefficient (Wildman–Crippen LogP) is 1.98. The minimum absolute atomic E-state index is 0. The molecule has 10 heteroatoms. The Balaban J connectivity index is 0.00000288. The van der Waals surface area contributed by atoms with Crippen molar-refractivity contribution >= 4 is 24.0 Å². The molecule has 6 nitrogen and oxygen atoms in total. The molecular formula is C14H18ClF3N2O4. The SMILES string of the molecule is COc1ccc(NC(=O)C2COCCN2)cc1OCC(F)(F)F.Cl. The number of morpholine rings is 1. The van der Waals surface area contributed by atoms with E-state index in [9.17, 15) is 18.0 Å². The van der Waals surface area contributed by atoms with E-state index in [1.54, 1.807) is 0 Å². The molecule has 24 heavy (non-hydrogen) atoms. The van der Waals surface area contributed by atoms with Gasteiger partial charge in [-0.25, -0.2) is 0 Å². The molecule has 0 aliphatic carbocycles. The van der Waals surface area contributed by atoms with Crippen molar-refractivity contribution in [2.24, 2.45) is 0 Å². The third kappa shape index (κ3) is 6.06. The molecule has 1 unspecified atom stereocenters. The highest BCUT2D eigenvalue weighted by Gasteiger charge is 2.29. The van der Waals surface area contributed by atoms with Crippen LogP contribution in [0.2, 0.25) is 0 Å². The van der Waals surface area contributed by atoms with Crippen LogP contribution >= 0.6 is 12.4 Å². The standard InChI is InChI=1S/C14H17F3N2O4.ClH/c1-21-11-3-2-9(6-12(11)23-8-14(15,16)17)19-13(20)10-7-22-5-4-18-10;/h2-3,6,10,18H,4-5,7-8H2,1H3,(H,19,20);1H. The third-order valence-corrected chi connectivity index (χ3v) is 3.06. The highest BCUT2D eigenvalue weighted by Crippen LogP contribution is 2.31. The van der Waals surface area contributed by atoms with Crippen LogP contribution in [-0.4, -0.2) is 51.6 Å². The number of alkyl halides is 3. The van der Waals surface area contributed by atoms with E-state index in [4.69, 9.17) is 14.2 Å². The van der Waals surface area contributed by atoms with Crippen LogP contribution in [0.15, 0.2) is 18.2 Å². The van der Waals surface area contributed by atoms with Gasteiger partial charge in [0.2, 0.25) is 5.91 Å². The van der Waals surface area contributed by atoms with Crippen LogP contribution < -0.4 is 20.1 Å². The predicted molar refractivity (Wildman–Crippen MR) is 83.0 cm³/mol. The fraction of sp³-hybridized carbons (Fsp3) is 0.500. The van der Waals surface area contributed by atoms with Crippen molar-refractivity contribution < 1.29 is 32.2 Å². The van der Waals surface area contributed by atoms with Gasteiger partial charge >= 0.3 is 6.18 Å². The van der Waals surface area contributed by atoms with Gasteiger partial charge in [0.05, 0.1) is 20.3 Å². The van der Waals surface area contributed by atoms with Gasteiger partial charge < -0.3 is 24.8 Å². The summed E-state index contributed by atoms with van der Waals surface area (Å²) >= 11 is 0. The fourth-order valence-electron chi connectivity index (χ4n) is 1.99. The smallest absolute Gasteiger partial charge is 0.422 e. The first-order chi connectivity index (χ1) is 10.9. The number of halogens is 4. The van der Waals surface area contributed by atoms with Crippen LogP contribution in [0.1, 0.15) is 0 Å². The maximum Gasteiger partial charge on any atom is 0.422 e. The minimum atomic E-state index is -4.46. The van der Waals surface area contributed by atoms with Gasteiger partial charge in [-0.15, -0.1) is 12.4 Å². The average molecular weight is 371 g/mol. The number of nitrogens with one attached hydrogen (secondary N) is 2. The Morgan fingerprint density at radius 2 is 2.17 bits per heavy atom. The Kier molecular flexibility index (Phi) is 7.59. The number of rotatable bonds is 5. The topological polar surface area (TPSA) is 68.8 Å². The zero-order chi connectivity index (χ0) is 16.9. The lowest BCUT2D eigenvalue weighted by Gasteiger charge is -2.23. The maximum atomic E-state index is 12.3. The first-order valence-electron chi connectivity index (χ1n) is 6.88. The van der Waals surface area contributed by atoms with Crippen molar-refractivity contribution in [2.75, 3.05) is 38.8 Å². The van der Waals surface area contributed by atoms with Crippen molar-refractivity contribution in [1.29, 1.82) is 0 Å². The summed E-state index contributed by atoms with van der Waals surface area (Å²) in [6, 6.07) is 3.71. The van der Waals surface area contributed by atoms with Crippen molar-refractivity contribution in [3.8, 4) is 11.5 Å². The number of ether oxygens (including phenoxy) is 3. The van der Waals surface area contributed by atoms with Crippen LogP contribution in [0.25, 0.3) is 0 Å². The number of hydrogen-bond donors (Lipinski definition) is 2. The number of anilines is 1. The summed E-state index contributed by atoms with van der Waals surface area (Å²) in [6.45, 7) is -0.124. The first-order valence-corrected chi connectivity index (χ1v) is 6.88. The number of carbonyl (C=O) groups is 1. The maximum absolute atomic E-state index is 12.3. The molecule has 1 amide bonds. The van der Waals surface area contributed by atoms with E-state index in [-0.39, 0.29) is 36.4 Å². The van der Waals surface area contributed by atoms with Crippen molar-refractivity contribution in [2.45, 2.75) is 12.2 Å². The van der Waals surface area contributed by atoms with Gasteiger partial charge in [-0.05, 0) is 12.1 Å². The summed E-state index contributed by atoms with van der Waals surface area (Å²) in [4.78, 5) is 12.0. The van der Waals surface area contributed by atoms with Crippen LogP contribution in [0, 0.1) is 0 Å². The molecule has 1 aromatic carbocycles. The highest BCUT2D eigenvalue weighted by atomic mass is 35.5. The van der Waals surface area contributed by atoms with Gasteiger partial charge in [-0.1, -0.05) is 0 Å². The summed E-state index contributed by atoms with van der Waals surface area (Å²) in [5.41, 5.74) is 0.306. The van der Waals surface area contributed by atoms with E-state index in [1.165, 1.54) is 25.3 Å². The Hall–Kier alpha value is -1.71. The molecule has 1 aliphatic rings. The summed E-state index contributed by atoms with van der Waals surface area (Å²) in [7, 11) is 1.32. The average Bonchev–Trinajstić information content (AvgIpc) is 2.53. The number of carbonyl (C=O) groups excluding carboxylic acids is 1. The summed E-state index contributed by atoms with van der Waals surface area (Å²) in [6.07, 6.45) is -4.46. The lowest BCUT2D eigenvalue weighted by Crippen LogP contribution is -2.48. The molecule has 1 saturated heterocycles. The largest absolute Gasteiger partial charge is 0.493 e. The van der Waals surface area contributed by atoms with E-state index in [0.717, 1.165) is 0 Å². The quantitative estimate of drug-likeness (QED) is 0.829. The second-order valence-electron chi connectivity index (χ2n) is 4.84. The second kappa shape index (κ2) is 8.95. The van der Waals surface area contributed by atoms with Gasteiger partial charge in [-0.2, -0.15) is 13.2 Å². The van der Waals surface area contributed by atoms with Gasteiger partial charge in [0.25, 0.3) is 0 Å². The third-order valence-electron chi connectivity index (χ3n) is 3.06. The Labute approximate surface area is 143 Å². The van der Waals surface area contributed by atoms with Crippen LogP contribution in [0.3, 0.4) is 0 Å². The van der Waals surface area contributed by atoms with E-state index in [1.807, 2.05) is 0 Å². The van der Waals surface area contributed by atoms with Crippen LogP contribution in [-0.2, 0) is 9.53 Å². The molecular weight excluding hydrogens is 353 g/mol. The van der Waals surface area contributed by atoms with Crippen molar-refractivity contribution in [3.63, 3.8) is 0 Å². The normalized spacial score (nSPS) is 17.6. The molecule has 136 valence electrons. The number of hydrogen-bond acceptors (Lipinski definition) is 5. The molecule has 1 aromatic rings. The summed E-state index contributed by atoms with van der Waals surface area (Å²) < 4.78 is 51.7. The van der Waals surface area contributed by atoms with Crippen molar-refractivity contribution in [1.82, 2.24) is 5.32 Å².